The number of nitrogens with zero attached hydrogens (tertiary/aromatic N) is 3. The van der Waals surface area contributed by atoms with Crippen LogP contribution in [0, 0.1) is 0 Å². The van der Waals surface area contributed by atoms with Gasteiger partial charge in [0.05, 0.1) is 28.4 Å². The Morgan fingerprint density at radius 2 is 1.92 bits per heavy atom. The third-order valence-electron chi connectivity index (χ3n) is 4.01. The van der Waals surface area contributed by atoms with Crippen LogP contribution in [-0.2, 0) is 0 Å². The van der Waals surface area contributed by atoms with Crippen LogP contribution in [0.3, 0.4) is 0 Å². The van der Waals surface area contributed by atoms with Gasteiger partial charge in [-0.25, -0.2) is 15.0 Å². The minimum Gasteiger partial charge on any atom is -0.496 e. The number of fused-ring (bicyclic) bond motifs is 2. The molecule has 25 heavy (non-hydrogen) atoms. The number of aromatic nitrogens is 3. The number of nitrogens with one attached hydrogen (secondary N) is 1. The molecule has 2 heterocycles. The lowest BCUT2D eigenvalue weighted by atomic mass is 10.2. The van der Waals surface area contributed by atoms with Gasteiger partial charge < -0.3 is 10.1 Å². The molecule has 2 aromatic carbocycles. The lowest BCUT2D eigenvalue weighted by Crippen LogP contribution is -2.06. The van der Waals surface area contributed by atoms with Crippen LogP contribution < -0.4 is 15.4 Å². The quantitative estimate of drug-likeness (QED) is 0.543. The van der Waals surface area contributed by atoms with Crippen LogP contribution in [0.15, 0.2) is 42.2 Å². The van der Waals surface area contributed by atoms with Crippen LogP contribution in [0.2, 0.25) is 0 Å². The number of anilines is 2. The van der Waals surface area contributed by atoms with E-state index >= 15 is 0 Å². The van der Waals surface area contributed by atoms with Crippen LogP contribution in [-0.4, -0.2) is 35.4 Å². The van der Waals surface area contributed by atoms with Gasteiger partial charge in [-0.2, -0.15) is 0 Å². The molecular weight excluding hydrogens is 351 g/mol. The first-order valence-electron chi connectivity index (χ1n) is 7.76. The molecule has 0 atom stereocenters. The maximum Gasteiger partial charge on any atom is 0.141 e. The second kappa shape index (κ2) is 6.54. The van der Waals surface area contributed by atoms with Gasteiger partial charge >= 0.3 is 0 Å². The van der Waals surface area contributed by atoms with Crippen molar-refractivity contribution in [3.8, 4) is 5.75 Å². The predicted molar refractivity (Wildman–Crippen MR) is 107 cm³/mol. The van der Waals surface area contributed by atoms with Crippen molar-refractivity contribution >= 4 is 57.2 Å². The Morgan fingerprint density at radius 1 is 1.04 bits per heavy atom. The summed E-state index contributed by atoms with van der Waals surface area (Å²) in [5.41, 5.74) is 4.68. The van der Waals surface area contributed by atoms with E-state index in [1.165, 1.54) is 10.0 Å². The maximum absolute atomic E-state index is 5.54. The fourth-order valence-corrected chi connectivity index (χ4v) is 4.40. The third-order valence-corrected chi connectivity index (χ3v) is 6.13. The molecule has 126 valence electrons. The van der Waals surface area contributed by atoms with E-state index in [0.29, 0.717) is 0 Å². The molecule has 0 aliphatic heterocycles. The Kier molecular flexibility index (Phi) is 4.24. The standard InChI is InChI=1S/C18H17N4OPS/c1-23-15-8-13-12(7-16(15)24(2)3)18(20-9-19-13)22-11-4-5-17-14(6-11)21-10-25-17/h4-10H,1-3H3,(H,19,20,22). The van der Waals surface area contributed by atoms with Crippen LogP contribution in [0.25, 0.3) is 21.1 Å². The first-order valence-corrected chi connectivity index (χ1v) is 10.9. The predicted octanol–water partition coefficient (Wildman–Crippen LogP) is 4.36. The number of hydrogen-bond donors (Lipinski definition) is 1. The summed E-state index contributed by atoms with van der Waals surface area (Å²) in [7, 11) is 1.40. The van der Waals surface area contributed by atoms with E-state index in [4.69, 9.17) is 4.74 Å². The SMILES string of the molecule is COc1cc2ncnc(Nc3ccc4scnc4c3)c2cc1P(C)C. The van der Waals surface area contributed by atoms with Gasteiger partial charge in [-0.05, 0) is 37.6 Å². The van der Waals surface area contributed by atoms with Crippen molar-refractivity contribution in [3.63, 3.8) is 0 Å². The topological polar surface area (TPSA) is 59.9 Å². The summed E-state index contributed by atoms with van der Waals surface area (Å²) in [4.78, 5) is 13.2. The highest BCUT2D eigenvalue weighted by Gasteiger charge is 2.13. The average Bonchev–Trinajstić information content (AvgIpc) is 3.08. The Balaban J connectivity index is 1.81. The molecule has 0 fully saturated rings. The zero-order valence-electron chi connectivity index (χ0n) is 14.1. The van der Waals surface area contributed by atoms with Crippen LogP contribution >= 0.6 is 19.3 Å². The molecule has 0 unspecified atom stereocenters. The van der Waals surface area contributed by atoms with Crippen molar-refractivity contribution in [1.29, 1.82) is 0 Å². The number of hydrogen-bond acceptors (Lipinski definition) is 6. The fourth-order valence-electron chi connectivity index (χ4n) is 2.76. The molecule has 0 saturated carbocycles. The summed E-state index contributed by atoms with van der Waals surface area (Å²) in [5, 5.41) is 5.61. The van der Waals surface area contributed by atoms with Crippen molar-refractivity contribution in [2.75, 3.05) is 25.8 Å². The van der Waals surface area contributed by atoms with Gasteiger partial charge in [-0.3, -0.25) is 0 Å². The molecule has 0 radical (unpaired) electrons. The zero-order valence-corrected chi connectivity index (χ0v) is 15.9. The first-order chi connectivity index (χ1) is 12.2. The summed E-state index contributed by atoms with van der Waals surface area (Å²) in [6.07, 6.45) is 1.58. The van der Waals surface area contributed by atoms with Gasteiger partial charge in [-0.1, -0.05) is 7.92 Å². The van der Waals surface area contributed by atoms with Crippen molar-refractivity contribution < 1.29 is 4.74 Å². The minimum atomic E-state index is -0.301. The summed E-state index contributed by atoms with van der Waals surface area (Å²) < 4.78 is 6.71. The summed E-state index contributed by atoms with van der Waals surface area (Å²) in [5.74, 6) is 1.68. The lowest BCUT2D eigenvalue weighted by Gasteiger charge is -2.15. The van der Waals surface area contributed by atoms with Gasteiger partial charge in [0, 0.05) is 22.4 Å². The highest BCUT2D eigenvalue weighted by molar-refractivity contribution is 7.64. The van der Waals surface area contributed by atoms with E-state index in [1.807, 2.05) is 23.7 Å². The van der Waals surface area contributed by atoms with Crippen LogP contribution in [0.5, 0.6) is 5.75 Å². The van der Waals surface area contributed by atoms with E-state index < -0.39 is 0 Å². The lowest BCUT2D eigenvalue weighted by molar-refractivity contribution is 0.419. The van der Waals surface area contributed by atoms with Crippen molar-refractivity contribution in [2.24, 2.45) is 0 Å². The molecule has 0 spiro atoms. The summed E-state index contributed by atoms with van der Waals surface area (Å²) >= 11 is 1.64. The summed E-state index contributed by atoms with van der Waals surface area (Å²) in [6, 6.07) is 10.3. The van der Waals surface area contributed by atoms with Crippen molar-refractivity contribution in [3.05, 3.63) is 42.2 Å². The molecule has 0 saturated heterocycles. The Morgan fingerprint density at radius 3 is 2.72 bits per heavy atom. The van der Waals surface area contributed by atoms with E-state index in [2.05, 4.69) is 45.7 Å². The smallest absolute Gasteiger partial charge is 0.141 e. The Labute approximate surface area is 150 Å². The molecular formula is C18H17N4OPS. The Hall–Kier alpha value is -2.30. The average molecular weight is 368 g/mol. The van der Waals surface area contributed by atoms with Gasteiger partial charge in [0.15, 0.2) is 0 Å². The van der Waals surface area contributed by atoms with Crippen molar-refractivity contribution in [1.82, 2.24) is 15.0 Å². The van der Waals surface area contributed by atoms with Gasteiger partial charge in [0.2, 0.25) is 0 Å². The van der Waals surface area contributed by atoms with E-state index in [-0.39, 0.29) is 7.92 Å². The molecule has 5 nitrogen and oxygen atoms in total. The molecule has 0 aliphatic rings. The highest BCUT2D eigenvalue weighted by atomic mass is 32.1. The van der Waals surface area contributed by atoms with E-state index in [0.717, 1.165) is 33.7 Å². The number of rotatable bonds is 4. The summed E-state index contributed by atoms with van der Waals surface area (Å²) in [6.45, 7) is 4.43. The number of thiazole rings is 1. The third kappa shape index (κ3) is 3.03. The molecule has 4 rings (SSSR count). The van der Waals surface area contributed by atoms with E-state index in [1.54, 1.807) is 24.8 Å². The number of benzene rings is 2. The van der Waals surface area contributed by atoms with Gasteiger partial charge in [0.25, 0.3) is 0 Å². The maximum atomic E-state index is 5.54. The second-order valence-corrected chi connectivity index (χ2v) is 8.97. The number of ether oxygens (including phenoxy) is 1. The molecule has 1 N–H and O–H groups in total. The van der Waals surface area contributed by atoms with Gasteiger partial charge in [0.1, 0.15) is 17.9 Å². The van der Waals surface area contributed by atoms with Crippen molar-refractivity contribution in [2.45, 2.75) is 0 Å². The highest BCUT2D eigenvalue weighted by Crippen LogP contribution is 2.34. The molecule has 2 aromatic heterocycles. The molecule has 4 aromatic rings. The second-order valence-electron chi connectivity index (χ2n) is 5.82. The molecule has 0 amide bonds. The van der Waals surface area contributed by atoms with Crippen LogP contribution in [0.4, 0.5) is 11.5 Å². The molecule has 7 heteroatoms. The minimum absolute atomic E-state index is 0.301. The largest absolute Gasteiger partial charge is 0.496 e. The first kappa shape index (κ1) is 16.2. The van der Waals surface area contributed by atoms with Gasteiger partial charge in [-0.15, -0.1) is 11.3 Å². The normalized spacial score (nSPS) is 11.4. The monoisotopic (exact) mass is 368 g/mol. The van der Waals surface area contributed by atoms with E-state index in [9.17, 15) is 0 Å². The zero-order chi connectivity index (χ0) is 17.4. The molecule has 0 aliphatic carbocycles. The Bertz CT molecular complexity index is 1060. The van der Waals surface area contributed by atoms with Crippen LogP contribution in [0.1, 0.15) is 0 Å². The number of methoxy groups -OCH3 is 1. The molecule has 0 bridgehead atoms. The fraction of sp³-hybridized carbons (Fsp3) is 0.167.